The van der Waals surface area contributed by atoms with Crippen LogP contribution in [-0.4, -0.2) is 52.6 Å². The van der Waals surface area contributed by atoms with Crippen molar-refractivity contribution in [1.82, 2.24) is 5.32 Å². The van der Waals surface area contributed by atoms with Gasteiger partial charge in [0.15, 0.2) is 0 Å². The van der Waals surface area contributed by atoms with Gasteiger partial charge in [-0.1, -0.05) is 0 Å². The zero-order valence-corrected chi connectivity index (χ0v) is 23.4. The third kappa shape index (κ3) is 5.90. The molecule has 1 aliphatic rings. The molecule has 0 aromatic heterocycles. The molecule has 1 unspecified atom stereocenters. The predicted molar refractivity (Wildman–Crippen MR) is 150 cm³/mol. The smallest absolute Gasteiger partial charge is 0.430 e. The molecule has 4 aromatic rings. The van der Waals surface area contributed by atoms with Crippen molar-refractivity contribution in [1.29, 1.82) is 0 Å². The first-order valence-corrected chi connectivity index (χ1v) is 15.1. The van der Waals surface area contributed by atoms with Crippen LogP contribution in [0.25, 0.3) is 0 Å². The number of hydrogen-bond donors (Lipinski definition) is 3. The number of ether oxygens (including phenoxy) is 3. The second-order valence-corrected chi connectivity index (χ2v) is 12.6. The molecule has 1 atom stereocenters. The number of phenolic OH excluding ortho intramolecular Hbond substituents is 2. The first-order valence-electron chi connectivity index (χ1n) is 12.1. The van der Waals surface area contributed by atoms with Gasteiger partial charge < -0.3 is 24.4 Å². The summed E-state index contributed by atoms with van der Waals surface area (Å²) in [4.78, 5) is 8.39. The number of methoxy groups -OCH3 is 1. The third-order valence-corrected chi connectivity index (χ3v) is 9.52. The van der Waals surface area contributed by atoms with E-state index in [4.69, 9.17) is 14.2 Å². The van der Waals surface area contributed by atoms with Crippen LogP contribution in [0.5, 0.6) is 23.0 Å². The Hall–Kier alpha value is -4.92. The van der Waals surface area contributed by atoms with Gasteiger partial charge >= 0.3 is 12.1 Å². The van der Waals surface area contributed by atoms with Crippen molar-refractivity contribution in [2.45, 2.75) is 25.6 Å². The highest BCUT2D eigenvalue weighted by atomic mass is 32.2. The molecule has 0 saturated carbocycles. The van der Waals surface area contributed by atoms with Gasteiger partial charge in [0.25, 0.3) is 0 Å². The second kappa shape index (κ2) is 11.2. The Morgan fingerprint density at radius 2 is 1.05 bits per heavy atom. The number of phenols is 2. The van der Waals surface area contributed by atoms with Crippen LogP contribution in [0.1, 0.15) is 0 Å². The van der Waals surface area contributed by atoms with Gasteiger partial charge in [-0.2, -0.15) is 4.99 Å². The molecule has 0 fully saturated rings. The highest BCUT2D eigenvalue weighted by molar-refractivity contribution is 7.91. The highest BCUT2D eigenvalue weighted by Crippen LogP contribution is 2.29. The summed E-state index contributed by atoms with van der Waals surface area (Å²) in [7, 11) is -6.34. The first-order chi connectivity index (χ1) is 20.0. The zero-order valence-electron chi connectivity index (χ0n) is 21.8. The first kappa shape index (κ1) is 28.6. The van der Waals surface area contributed by atoms with E-state index in [1.54, 1.807) is 0 Å². The summed E-state index contributed by atoms with van der Waals surface area (Å²) in [5.74, 6) is 0.334. The summed E-state index contributed by atoms with van der Waals surface area (Å²) in [6.45, 7) is 0. The van der Waals surface area contributed by atoms with Crippen LogP contribution in [-0.2, 0) is 24.4 Å². The number of benzene rings is 4. The molecule has 0 radical (unpaired) electrons. The molecule has 0 spiro atoms. The van der Waals surface area contributed by atoms with Crippen LogP contribution < -0.4 is 14.8 Å². The fourth-order valence-electron chi connectivity index (χ4n) is 3.76. The Bertz CT molecular complexity index is 1860. The molecule has 0 bridgehead atoms. The van der Waals surface area contributed by atoms with Crippen LogP contribution in [0, 0.1) is 0 Å². The molecule has 216 valence electrons. The lowest BCUT2D eigenvalue weighted by atomic mass is 10.3. The van der Waals surface area contributed by atoms with Crippen LogP contribution >= 0.6 is 0 Å². The van der Waals surface area contributed by atoms with E-state index in [2.05, 4.69) is 15.3 Å². The number of nitrogens with zero attached hydrogens (tertiary/aromatic N) is 2. The molecule has 4 aromatic carbocycles. The SMILES string of the molecule is COC1(Oc2ccc(S(=O)(=O)c3ccc(O)cc3)cc2)N=CNC(Oc2ccc(S(=O)(=O)c3ccc(O)cc3)cc2)=N1. The number of rotatable bonds is 8. The molecule has 1 aliphatic heterocycles. The largest absolute Gasteiger partial charge is 0.508 e. The molecule has 0 amide bonds. The van der Waals surface area contributed by atoms with Gasteiger partial charge in [-0.05, 0) is 97.1 Å². The summed E-state index contributed by atoms with van der Waals surface area (Å²) >= 11 is 0. The second-order valence-electron chi connectivity index (χ2n) is 8.71. The van der Waals surface area contributed by atoms with Crippen LogP contribution in [0.3, 0.4) is 0 Å². The Kier molecular flexibility index (Phi) is 7.60. The van der Waals surface area contributed by atoms with Gasteiger partial charge in [0.2, 0.25) is 19.7 Å². The maximum Gasteiger partial charge on any atom is 0.430 e. The Morgan fingerprint density at radius 3 is 1.48 bits per heavy atom. The molecule has 0 saturated heterocycles. The molecular formula is C28H23N3O9S2. The van der Waals surface area contributed by atoms with Crippen molar-refractivity contribution in [3.05, 3.63) is 97.1 Å². The van der Waals surface area contributed by atoms with Crippen molar-refractivity contribution in [2.75, 3.05) is 7.11 Å². The molecule has 42 heavy (non-hydrogen) atoms. The summed E-state index contributed by atoms with van der Waals surface area (Å²) in [6, 6.07) is 19.5. The molecule has 12 nitrogen and oxygen atoms in total. The summed E-state index contributed by atoms with van der Waals surface area (Å²) in [5, 5.41) is 21.6. The number of nitrogens with one attached hydrogen (secondary N) is 1. The fraction of sp³-hybridized carbons (Fsp3) is 0.0714. The van der Waals surface area contributed by atoms with Crippen LogP contribution in [0.2, 0.25) is 0 Å². The number of sulfone groups is 2. The third-order valence-electron chi connectivity index (χ3n) is 5.95. The average molecular weight is 610 g/mol. The van der Waals surface area contributed by atoms with Crippen molar-refractivity contribution < 1.29 is 41.3 Å². The van der Waals surface area contributed by atoms with E-state index in [0.717, 1.165) is 0 Å². The molecule has 0 aliphatic carbocycles. The Balaban J connectivity index is 1.31. The normalized spacial score (nSPS) is 16.7. The Labute approximate surface area is 241 Å². The molecule has 3 N–H and O–H groups in total. The topological polar surface area (TPSA) is 173 Å². The molecule has 1 heterocycles. The van der Waals surface area contributed by atoms with Crippen LogP contribution in [0.15, 0.2) is 127 Å². The maximum absolute atomic E-state index is 12.9. The quantitative estimate of drug-likeness (QED) is 0.251. The van der Waals surface area contributed by atoms with E-state index in [1.165, 1.54) is 111 Å². The van der Waals surface area contributed by atoms with Gasteiger partial charge in [-0.15, -0.1) is 4.99 Å². The maximum atomic E-state index is 12.9. The molecule has 5 rings (SSSR count). The number of aliphatic imine (C=N–C) groups is 2. The van der Waals surface area contributed by atoms with Crippen molar-refractivity contribution in [2.24, 2.45) is 9.98 Å². The van der Waals surface area contributed by atoms with E-state index in [0.29, 0.717) is 0 Å². The summed E-state index contributed by atoms with van der Waals surface area (Å²) in [5.41, 5.74) is 0. The average Bonchev–Trinajstić information content (AvgIpc) is 2.98. The van der Waals surface area contributed by atoms with E-state index in [1.807, 2.05) is 0 Å². The van der Waals surface area contributed by atoms with Crippen molar-refractivity contribution >= 4 is 32.0 Å². The minimum atomic E-state index is -3.83. The fourth-order valence-corrected chi connectivity index (χ4v) is 6.28. The van der Waals surface area contributed by atoms with Gasteiger partial charge in [0.05, 0.1) is 25.9 Å². The van der Waals surface area contributed by atoms with Gasteiger partial charge in [-0.25, -0.2) is 16.8 Å². The van der Waals surface area contributed by atoms with E-state index < -0.39 is 25.7 Å². The standard InChI is InChI=1S/C28H23N3O9S2/c1-38-28(40-22-8-16-26(17-9-22)42(36,37)24-12-4-20(33)5-13-24)30-18-29-27(31-28)39-21-6-14-25(15-7-21)41(34,35)23-10-2-19(32)3-11-23/h2-18,32-33H,1H3,(H,29,30,31). The number of hydrogen-bond acceptors (Lipinski definition) is 12. The van der Waals surface area contributed by atoms with E-state index in [9.17, 15) is 27.0 Å². The lowest BCUT2D eigenvalue weighted by Gasteiger charge is -2.27. The predicted octanol–water partition coefficient (Wildman–Crippen LogP) is 3.47. The Morgan fingerprint density at radius 1 is 0.643 bits per heavy atom. The minimum absolute atomic E-state index is 0.00390. The summed E-state index contributed by atoms with van der Waals surface area (Å²) < 4.78 is 68.4. The van der Waals surface area contributed by atoms with E-state index >= 15 is 0 Å². The molecular weight excluding hydrogens is 586 g/mol. The lowest BCUT2D eigenvalue weighted by Crippen LogP contribution is -2.44. The monoisotopic (exact) mass is 609 g/mol. The van der Waals surface area contributed by atoms with Crippen molar-refractivity contribution in [3.63, 3.8) is 0 Å². The van der Waals surface area contributed by atoms with Gasteiger partial charge in [0.1, 0.15) is 23.0 Å². The van der Waals surface area contributed by atoms with Crippen LogP contribution in [0.4, 0.5) is 0 Å². The van der Waals surface area contributed by atoms with E-state index in [-0.39, 0.29) is 48.6 Å². The molecule has 14 heteroatoms. The zero-order chi connectivity index (χ0) is 30.0. The van der Waals surface area contributed by atoms with Crippen molar-refractivity contribution in [3.8, 4) is 23.0 Å². The number of aromatic hydroxyl groups is 2. The van der Waals surface area contributed by atoms with Gasteiger partial charge in [-0.3, -0.25) is 5.32 Å². The number of amidine groups is 1. The summed E-state index contributed by atoms with van der Waals surface area (Å²) in [6.07, 6.45) is 1.24. The van der Waals surface area contributed by atoms with Gasteiger partial charge in [0, 0.05) is 7.11 Å². The lowest BCUT2D eigenvalue weighted by molar-refractivity contribution is -0.151. The minimum Gasteiger partial charge on any atom is -0.508 e. The highest BCUT2D eigenvalue weighted by Gasteiger charge is 2.35.